The summed E-state index contributed by atoms with van der Waals surface area (Å²) in [6, 6.07) is 52.3. The lowest BCUT2D eigenvalue weighted by Gasteiger charge is -2.50. The van der Waals surface area contributed by atoms with Gasteiger partial charge in [0.15, 0.2) is 17.5 Å². The summed E-state index contributed by atoms with van der Waals surface area (Å²) in [7, 11) is 0. The van der Waals surface area contributed by atoms with E-state index in [1.165, 1.54) is 65.5 Å². The number of benzene rings is 6. The highest BCUT2D eigenvalue weighted by Gasteiger charge is 2.51. The van der Waals surface area contributed by atoms with Crippen LogP contribution in [0.5, 0.6) is 0 Å². The monoisotopic (exact) mass is 814 g/mol. The zero-order valence-corrected chi connectivity index (χ0v) is 36.3. The van der Waals surface area contributed by atoms with Crippen LogP contribution in [0.25, 0.3) is 62.0 Å². The summed E-state index contributed by atoms with van der Waals surface area (Å²) in [6.45, 7) is 11.2. The Kier molecular flexibility index (Phi) is 9.35. The van der Waals surface area contributed by atoms with Crippen LogP contribution in [0.3, 0.4) is 0 Å². The van der Waals surface area contributed by atoms with E-state index in [1.54, 1.807) is 0 Å². The van der Waals surface area contributed by atoms with E-state index in [-0.39, 0.29) is 5.41 Å². The van der Waals surface area contributed by atoms with E-state index in [9.17, 15) is 5.26 Å². The summed E-state index contributed by atoms with van der Waals surface area (Å²) in [5.41, 5.74) is 16.3. The lowest BCUT2D eigenvalue weighted by molar-refractivity contribution is 0.0780. The molecule has 2 saturated carbocycles. The van der Waals surface area contributed by atoms with E-state index < -0.39 is 5.41 Å². The topological polar surface area (TPSA) is 62.5 Å². The minimum atomic E-state index is -0.573. The van der Waals surface area contributed by atoms with Crippen LogP contribution in [0, 0.1) is 29.1 Å². The fourth-order valence-electron chi connectivity index (χ4n) is 12.5. The Morgan fingerprint density at radius 3 is 1.95 bits per heavy atom. The maximum Gasteiger partial charge on any atom is 0.164 e. The number of aromatic nitrogens is 3. The number of rotatable bonds is 7. The van der Waals surface area contributed by atoms with Gasteiger partial charge in [-0.25, -0.2) is 15.0 Å². The fraction of sp³-hybridized carbons (Fsp3) is 0.220. The molecule has 5 atom stereocenters. The van der Waals surface area contributed by atoms with Gasteiger partial charge in [-0.1, -0.05) is 154 Å². The highest BCUT2D eigenvalue weighted by atomic mass is 15.0. The summed E-state index contributed by atoms with van der Waals surface area (Å²) in [5.74, 6) is 4.23. The Morgan fingerprint density at radius 2 is 1.22 bits per heavy atom. The predicted octanol–water partition coefficient (Wildman–Crippen LogP) is 14.4. The van der Waals surface area contributed by atoms with Gasteiger partial charge in [0.2, 0.25) is 0 Å². The standard InChI is InChI=1S/C59H50N4/c1-5-6-17-48-39(4)59(52-19-11-10-18-49(48)52)53-27-20-40(36-60)30-51(53)50-26-23-46(32-54(50)59)57-62-55(61-56(63-57)45-16-12-15-44(31-45)42-13-8-7-9-14-42)43-21-24-47(25-22-43)58-33-37(2)28-41(35-58)29-38(3)34-58/h5-27,30-32,37-38,41H,1,28-29,33-35H2,2-4H3/b17-6-/t37-,38+,41?,58?,59?. The minimum absolute atomic E-state index is 0.241. The molecule has 4 heteroatoms. The van der Waals surface area contributed by atoms with E-state index in [0.717, 1.165) is 62.3 Å². The van der Waals surface area contributed by atoms with Gasteiger partial charge in [0, 0.05) is 16.7 Å². The molecule has 306 valence electrons. The van der Waals surface area contributed by atoms with Crippen molar-refractivity contribution in [2.24, 2.45) is 17.8 Å². The first kappa shape index (κ1) is 38.9. The molecule has 6 aromatic carbocycles. The van der Waals surface area contributed by atoms with Crippen molar-refractivity contribution in [2.45, 2.75) is 63.7 Å². The number of hydrogen-bond donors (Lipinski definition) is 0. The summed E-state index contributed by atoms with van der Waals surface area (Å²) in [6.07, 6.45) is 12.6. The van der Waals surface area contributed by atoms with E-state index >= 15 is 0 Å². The van der Waals surface area contributed by atoms with Gasteiger partial charge < -0.3 is 0 Å². The highest BCUT2D eigenvalue weighted by Crippen LogP contribution is 2.62. The van der Waals surface area contributed by atoms with E-state index in [2.05, 4.69) is 167 Å². The molecule has 0 amide bonds. The fourth-order valence-corrected chi connectivity index (χ4v) is 12.5. The molecular formula is C59H50N4. The third kappa shape index (κ3) is 6.28. The minimum Gasteiger partial charge on any atom is -0.208 e. The highest BCUT2D eigenvalue weighted by molar-refractivity contribution is 5.97. The molecule has 1 heterocycles. The van der Waals surface area contributed by atoms with Crippen LogP contribution in [0.4, 0.5) is 0 Å². The van der Waals surface area contributed by atoms with Crippen molar-refractivity contribution >= 4 is 5.57 Å². The molecule has 0 radical (unpaired) electrons. The Labute approximate surface area is 371 Å². The Balaban J connectivity index is 1.09. The van der Waals surface area contributed by atoms with Gasteiger partial charge in [-0.2, -0.15) is 5.26 Å². The maximum atomic E-state index is 10.1. The molecule has 2 fully saturated rings. The van der Waals surface area contributed by atoms with Crippen molar-refractivity contribution in [2.75, 3.05) is 0 Å². The van der Waals surface area contributed by atoms with E-state index in [0.29, 0.717) is 23.0 Å². The van der Waals surface area contributed by atoms with Crippen molar-refractivity contribution in [1.29, 1.82) is 5.26 Å². The Morgan fingerprint density at radius 1 is 0.587 bits per heavy atom. The van der Waals surface area contributed by atoms with Crippen LogP contribution >= 0.6 is 0 Å². The van der Waals surface area contributed by atoms with Gasteiger partial charge >= 0.3 is 0 Å². The molecular weight excluding hydrogens is 765 g/mol. The molecule has 1 aromatic heterocycles. The van der Waals surface area contributed by atoms with E-state index in [4.69, 9.17) is 15.0 Å². The number of hydrogen-bond acceptors (Lipinski definition) is 4. The molecule has 4 aliphatic carbocycles. The first-order chi connectivity index (χ1) is 30.8. The molecule has 7 aromatic rings. The number of allylic oxidation sites excluding steroid dienone is 5. The third-order valence-corrected chi connectivity index (χ3v) is 14.8. The largest absolute Gasteiger partial charge is 0.208 e. The van der Waals surface area contributed by atoms with Crippen LogP contribution in [-0.2, 0) is 10.8 Å². The van der Waals surface area contributed by atoms with Crippen LogP contribution in [0.15, 0.2) is 170 Å². The molecule has 3 unspecified atom stereocenters. The van der Waals surface area contributed by atoms with Crippen LogP contribution in [0.1, 0.15) is 86.3 Å². The average molecular weight is 815 g/mol. The molecule has 0 N–H and O–H groups in total. The van der Waals surface area contributed by atoms with Crippen molar-refractivity contribution in [3.05, 3.63) is 203 Å². The average Bonchev–Trinajstić information content (AvgIpc) is 3.75. The zero-order chi connectivity index (χ0) is 42.9. The second kappa shape index (κ2) is 15.1. The molecule has 4 aliphatic rings. The summed E-state index contributed by atoms with van der Waals surface area (Å²) < 4.78 is 0. The number of nitriles is 1. The maximum absolute atomic E-state index is 10.1. The van der Waals surface area contributed by atoms with Crippen molar-refractivity contribution in [1.82, 2.24) is 15.0 Å². The molecule has 2 bridgehead atoms. The molecule has 1 spiro atoms. The summed E-state index contributed by atoms with van der Waals surface area (Å²) in [4.78, 5) is 15.9. The molecule has 4 nitrogen and oxygen atoms in total. The Hall–Kier alpha value is -6.96. The van der Waals surface area contributed by atoms with Gasteiger partial charge in [0.1, 0.15) is 0 Å². The van der Waals surface area contributed by atoms with Gasteiger partial charge in [0.25, 0.3) is 0 Å². The first-order valence-electron chi connectivity index (χ1n) is 22.6. The quantitative estimate of drug-likeness (QED) is 0.150. The van der Waals surface area contributed by atoms with Gasteiger partial charge in [-0.05, 0) is 148 Å². The summed E-state index contributed by atoms with van der Waals surface area (Å²) >= 11 is 0. The van der Waals surface area contributed by atoms with Crippen LogP contribution < -0.4 is 0 Å². The van der Waals surface area contributed by atoms with Crippen molar-refractivity contribution in [3.8, 4) is 62.5 Å². The number of nitrogens with zero attached hydrogens (tertiary/aromatic N) is 4. The second-order valence-corrected chi connectivity index (χ2v) is 18.8. The zero-order valence-electron chi connectivity index (χ0n) is 36.3. The molecule has 0 aliphatic heterocycles. The van der Waals surface area contributed by atoms with E-state index in [1.807, 2.05) is 24.3 Å². The smallest absolute Gasteiger partial charge is 0.164 e. The lowest BCUT2D eigenvalue weighted by atomic mass is 9.54. The van der Waals surface area contributed by atoms with Crippen LogP contribution in [0.2, 0.25) is 0 Å². The van der Waals surface area contributed by atoms with Gasteiger partial charge in [0.05, 0.1) is 17.0 Å². The SMILES string of the molecule is C=C/C=C\C1=C(C)C2(c3ccccc31)c1ccc(C#N)cc1-c1ccc(-c3nc(-c4ccc(C56CC(C[C@@H](C)C5)C[C@H](C)C6)cc4)nc(-c4cccc(-c5ccccc5)c4)n3)cc12. The normalized spacial score (nSPS) is 23.0. The second-order valence-electron chi connectivity index (χ2n) is 18.8. The summed E-state index contributed by atoms with van der Waals surface area (Å²) in [5, 5.41) is 10.1. The Bertz CT molecular complexity index is 3050. The molecule has 11 rings (SSSR count). The van der Waals surface area contributed by atoms with Crippen molar-refractivity contribution in [3.63, 3.8) is 0 Å². The van der Waals surface area contributed by atoms with Gasteiger partial charge in [-0.15, -0.1) is 0 Å². The number of fused-ring (bicyclic) bond motifs is 9. The molecule has 0 saturated heterocycles. The third-order valence-electron chi connectivity index (χ3n) is 14.8. The van der Waals surface area contributed by atoms with Crippen molar-refractivity contribution < 1.29 is 0 Å². The van der Waals surface area contributed by atoms with Gasteiger partial charge in [-0.3, -0.25) is 0 Å². The lowest BCUT2D eigenvalue weighted by Crippen LogP contribution is -2.42. The first-order valence-corrected chi connectivity index (χ1v) is 22.6. The van der Waals surface area contributed by atoms with Crippen LogP contribution in [-0.4, -0.2) is 15.0 Å². The molecule has 63 heavy (non-hydrogen) atoms. The predicted molar refractivity (Wildman–Crippen MR) is 257 cm³/mol.